The van der Waals surface area contributed by atoms with Gasteiger partial charge in [0.15, 0.2) is 16.4 Å². The summed E-state index contributed by atoms with van der Waals surface area (Å²) in [5, 5.41) is 5.04. The van der Waals surface area contributed by atoms with E-state index in [1.165, 1.54) is 17.8 Å². The van der Waals surface area contributed by atoms with E-state index in [0.717, 1.165) is 24.9 Å². The average molecular weight is 718 g/mol. The number of para-hydroxylation sites is 1. The molecule has 0 saturated carbocycles. The Morgan fingerprint density at radius 1 is 1.06 bits per heavy atom. The van der Waals surface area contributed by atoms with Gasteiger partial charge in [-0.15, -0.1) is 11.8 Å². The molecule has 4 rings (SSSR count). The fourth-order valence-corrected chi connectivity index (χ4v) is 8.92. The molecule has 0 fully saturated rings. The Bertz CT molecular complexity index is 1790. The third-order valence-electron chi connectivity index (χ3n) is 8.46. The molecule has 2 atom stereocenters. The molecule has 1 unspecified atom stereocenters. The second-order valence-corrected chi connectivity index (χ2v) is 16.3. The van der Waals surface area contributed by atoms with Crippen LogP contribution in [0.25, 0.3) is 0 Å². The van der Waals surface area contributed by atoms with E-state index in [4.69, 9.17) is 9.29 Å². The van der Waals surface area contributed by atoms with Crippen molar-refractivity contribution in [2.45, 2.75) is 55.4 Å². The number of hydrogen-bond donors (Lipinski definition) is 3. The van der Waals surface area contributed by atoms with Crippen LogP contribution in [0.1, 0.15) is 51.1 Å². The van der Waals surface area contributed by atoms with Gasteiger partial charge in [-0.05, 0) is 42.9 Å². The zero-order valence-corrected chi connectivity index (χ0v) is 29.8. The molecule has 1 aliphatic rings. The lowest BCUT2D eigenvalue weighted by molar-refractivity contribution is -0.130. The highest BCUT2D eigenvalue weighted by Gasteiger charge is 2.42. The molecule has 1 heterocycles. The number of hydrogen-bond acceptors (Lipinski definition) is 9. The monoisotopic (exact) mass is 717 g/mol. The Hall–Kier alpha value is -3.59. The van der Waals surface area contributed by atoms with Crippen LogP contribution in [0.4, 0.5) is 11.4 Å². The molecule has 14 heteroatoms. The Labute approximate surface area is 287 Å². The number of carbonyl (C=O) groups is 2. The van der Waals surface area contributed by atoms with E-state index in [9.17, 15) is 26.4 Å². The highest BCUT2D eigenvalue weighted by atomic mass is 32.2. The number of nitrogens with one attached hydrogen (secondary N) is 2. The van der Waals surface area contributed by atoms with Crippen LogP contribution in [-0.4, -0.2) is 70.7 Å². The van der Waals surface area contributed by atoms with Crippen molar-refractivity contribution in [3.63, 3.8) is 0 Å². The number of amides is 2. The van der Waals surface area contributed by atoms with Crippen molar-refractivity contribution in [2.24, 2.45) is 5.41 Å². The van der Waals surface area contributed by atoms with Gasteiger partial charge in [0.1, 0.15) is 11.8 Å². The second kappa shape index (κ2) is 16.2. The van der Waals surface area contributed by atoms with Crippen molar-refractivity contribution >= 4 is 54.9 Å². The number of carbonyl (C=O) groups excluding carboxylic acids is 2. The number of unbranched alkanes of at least 4 members (excludes halogenated alkanes) is 1. The van der Waals surface area contributed by atoms with Gasteiger partial charge >= 0.3 is 0 Å². The largest absolute Gasteiger partial charge is 0.483 e. The number of sulfone groups is 1. The summed E-state index contributed by atoms with van der Waals surface area (Å²) in [6, 6.07) is 20.2. The first-order valence-corrected chi connectivity index (χ1v) is 20.3. The molecule has 0 spiro atoms. The van der Waals surface area contributed by atoms with E-state index < -0.39 is 55.6 Å². The maximum Gasteiger partial charge on any atom is 0.266 e. The number of thioether (sulfide) groups is 1. The zero-order valence-electron chi connectivity index (χ0n) is 27.3. The van der Waals surface area contributed by atoms with Crippen molar-refractivity contribution in [1.29, 1.82) is 0 Å². The molecule has 260 valence electrons. The molecule has 0 radical (unpaired) electrons. The first kappa shape index (κ1) is 37.2. The summed E-state index contributed by atoms with van der Waals surface area (Å²) in [6.07, 6.45) is 5.15. The first-order valence-electron chi connectivity index (χ1n) is 15.8. The van der Waals surface area contributed by atoms with E-state index in [0.29, 0.717) is 29.1 Å². The maximum atomic E-state index is 14.2. The molecule has 3 N–H and O–H groups in total. The Morgan fingerprint density at radius 2 is 1.73 bits per heavy atom. The predicted molar refractivity (Wildman–Crippen MR) is 188 cm³/mol. The lowest BCUT2D eigenvalue weighted by Crippen LogP contribution is -2.43. The van der Waals surface area contributed by atoms with Gasteiger partial charge in [-0.2, -0.15) is 8.42 Å². The molecule has 2 amide bonds. The van der Waals surface area contributed by atoms with E-state index in [2.05, 4.69) is 22.5 Å². The topological polar surface area (TPSA) is 159 Å². The van der Waals surface area contributed by atoms with Crippen LogP contribution in [0.5, 0.6) is 5.75 Å². The highest BCUT2D eigenvalue weighted by Crippen LogP contribution is 2.47. The Balaban J connectivity index is 1.64. The Morgan fingerprint density at radius 3 is 2.33 bits per heavy atom. The summed E-state index contributed by atoms with van der Waals surface area (Å²) >= 11 is 1.36. The number of anilines is 2. The molecule has 3 aromatic carbocycles. The average Bonchev–Trinajstić information content (AvgIpc) is 3.16. The molecule has 0 bridgehead atoms. The summed E-state index contributed by atoms with van der Waals surface area (Å²) in [5.41, 5.74) is 1.41. The van der Waals surface area contributed by atoms with Gasteiger partial charge in [-0.3, -0.25) is 14.1 Å². The standard InChI is InChI=1S/C34H43N3O8S3/c1-4-6-17-34(5-2)23-37(26-15-11-8-12-16-26)27-20-29(46-3)28(21-30(27)47(40,41)24-34)45-22-31(38)36-32(25-13-9-7-10-14-25)33(39)35-18-19-48(42,43)44/h7-16,20-21,32H,4-6,17-19,22-24H2,1-3H3,(H,35,39)(H,36,38)(H,42,43,44)/t32-,34?/m1/s1. The molecule has 11 nitrogen and oxygen atoms in total. The fourth-order valence-electron chi connectivity index (χ4n) is 5.84. The molecule has 0 aliphatic carbocycles. The summed E-state index contributed by atoms with van der Waals surface area (Å²) in [4.78, 5) is 29.0. The summed E-state index contributed by atoms with van der Waals surface area (Å²) < 4.78 is 65.5. The van der Waals surface area contributed by atoms with Crippen molar-refractivity contribution in [1.82, 2.24) is 10.6 Å². The number of rotatable bonds is 15. The number of ether oxygens (including phenoxy) is 1. The van der Waals surface area contributed by atoms with Crippen molar-refractivity contribution < 1.29 is 35.7 Å². The lowest BCUT2D eigenvalue weighted by atomic mass is 9.81. The first-order chi connectivity index (χ1) is 22.8. The molecule has 3 aromatic rings. The summed E-state index contributed by atoms with van der Waals surface area (Å²) in [5.74, 6) is -1.82. The van der Waals surface area contributed by atoms with E-state index in [-0.39, 0.29) is 22.9 Å². The fraction of sp³-hybridized carbons (Fsp3) is 0.412. The van der Waals surface area contributed by atoms with Crippen LogP contribution in [0, 0.1) is 5.41 Å². The van der Waals surface area contributed by atoms with Crippen LogP contribution >= 0.6 is 11.8 Å². The molecule has 0 saturated heterocycles. The quantitative estimate of drug-likeness (QED) is 0.142. The predicted octanol–water partition coefficient (Wildman–Crippen LogP) is 5.16. The second-order valence-electron chi connectivity index (χ2n) is 11.9. The molecule has 0 aromatic heterocycles. The third kappa shape index (κ3) is 9.52. The van der Waals surface area contributed by atoms with Crippen LogP contribution in [-0.2, 0) is 29.5 Å². The summed E-state index contributed by atoms with van der Waals surface area (Å²) in [6.45, 7) is 3.80. The van der Waals surface area contributed by atoms with Gasteiger partial charge in [0.05, 0.1) is 27.0 Å². The third-order valence-corrected chi connectivity index (χ3v) is 11.9. The van der Waals surface area contributed by atoms with Crippen LogP contribution in [0.3, 0.4) is 0 Å². The van der Waals surface area contributed by atoms with Gasteiger partial charge < -0.3 is 20.3 Å². The molecule has 48 heavy (non-hydrogen) atoms. The van der Waals surface area contributed by atoms with Gasteiger partial charge in [-0.1, -0.05) is 75.2 Å². The van der Waals surface area contributed by atoms with Gasteiger partial charge in [0.2, 0.25) is 5.91 Å². The van der Waals surface area contributed by atoms with Crippen molar-refractivity contribution in [3.05, 3.63) is 78.4 Å². The smallest absolute Gasteiger partial charge is 0.266 e. The van der Waals surface area contributed by atoms with Crippen LogP contribution < -0.4 is 20.3 Å². The van der Waals surface area contributed by atoms with Crippen LogP contribution in [0.15, 0.2) is 82.6 Å². The van der Waals surface area contributed by atoms with Gasteiger partial charge in [-0.25, -0.2) is 8.42 Å². The zero-order chi connectivity index (χ0) is 35.0. The van der Waals surface area contributed by atoms with Crippen molar-refractivity contribution in [2.75, 3.05) is 42.4 Å². The maximum absolute atomic E-state index is 14.2. The van der Waals surface area contributed by atoms with E-state index in [1.807, 2.05) is 43.5 Å². The minimum atomic E-state index is -4.30. The minimum Gasteiger partial charge on any atom is -0.483 e. The SMILES string of the molecule is CCCCC1(CC)CN(c2ccccc2)c2cc(SC)c(OCC(=O)N[C@@H](C(=O)NCCS(=O)(=O)O)c3ccccc3)cc2S(=O)(=O)C1. The minimum absolute atomic E-state index is 0.0170. The van der Waals surface area contributed by atoms with Crippen molar-refractivity contribution in [3.8, 4) is 5.75 Å². The molecular formula is C34H43N3O8S3. The number of fused-ring (bicyclic) bond motifs is 1. The van der Waals surface area contributed by atoms with Crippen LogP contribution in [0.2, 0.25) is 0 Å². The van der Waals surface area contributed by atoms with E-state index in [1.54, 1.807) is 36.4 Å². The normalized spacial score (nSPS) is 17.9. The number of nitrogens with zero attached hydrogens (tertiary/aromatic N) is 1. The lowest BCUT2D eigenvalue weighted by Gasteiger charge is -2.36. The number of benzene rings is 3. The summed E-state index contributed by atoms with van der Waals surface area (Å²) in [7, 11) is -8.08. The van der Waals surface area contributed by atoms with Gasteiger partial charge in [0, 0.05) is 30.3 Å². The molecule has 1 aliphatic heterocycles. The van der Waals surface area contributed by atoms with Gasteiger partial charge in [0.25, 0.3) is 16.0 Å². The highest BCUT2D eigenvalue weighted by molar-refractivity contribution is 7.98. The van der Waals surface area contributed by atoms with E-state index >= 15 is 0 Å². The molecular weight excluding hydrogens is 675 g/mol. The Kier molecular flexibility index (Phi) is 12.6.